The molecule has 4 aromatic rings. The fourth-order valence-electron chi connectivity index (χ4n) is 6.48. The number of carboxylic acids is 1. The number of carboxylic acid groups (broad SMARTS) is 1. The lowest BCUT2D eigenvalue weighted by Crippen LogP contribution is -2.40. The number of nitrogens with one attached hydrogen (secondary N) is 3. The van der Waals surface area contributed by atoms with Crippen LogP contribution in [-0.4, -0.2) is 131 Å². The largest absolute Gasteiger partial charge is 0.493 e. The first kappa shape index (κ1) is 34.1. The highest BCUT2D eigenvalue weighted by Crippen LogP contribution is 2.39. The van der Waals surface area contributed by atoms with Gasteiger partial charge in [-0.25, -0.2) is 31.2 Å². The van der Waals surface area contributed by atoms with E-state index in [1.165, 1.54) is 26.0 Å². The Labute approximate surface area is 493 Å². The topological polar surface area (TPSA) is 337 Å². The molecule has 25 heteroatoms. The quantitative estimate of drug-likeness (QED) is 0.0421. The number of amides is 5. The van der Waals surface area contributed by atoms with Crippen molar-refractivity contribution in [2.75, 3.05) is 61.6 Å². The van der Waals surface area contributed by atoms with Gasteiger partial charge in [0.25, 0.3) is 11.8 Å². The molecular formula is C53H69N5O18S2. The van der Waals surface area contributed by atoms with E-state index in [-0.39, 0.29) is 46.9 Å². The summed E-state index contributed by atoms with van der Waals surface area (Å²) in [5, 5.41) is 15.7. The van der Waals surface area contributed by atoms with Gasteiger partial charge < -0.3 is 50.5 Å². The van der Waals surface area contributed by atoms with Gasteiger partial charge in [0, 0.05) is 61.1 Å². The van der Waals surface area contributed by atoms with Crippen molar-refractivity contribution < 1.29 is 122 Å². The van der Waals surface area contributed by atoms with Gasteiger partial charge in [-0.2, -0.15) is 0 Å². The lowest BCUT2D eigenvalue weighted by Gasteiger charge is -2.27. The molecule has 2 aliphatic heterocycles. The van der Waals surface area contributed by atoms with E-state index in [2.05, 4.69) is 25.4 Å². The van der Waals surface area contributed by atoms with Crippen LogP contribution in [0.1, 0.15) is 165 Å². The average Bonchev–Trinajstić information content (AvgIpc) is 1.34. The molecule has 2 heterocycles. The molecule has 5 amide bonds. The van der Waals surface area contributed by atoms with Gasteiger partial charge in [-0.05, 0) is 85.7 Å². The van der Waals surface area contributed by atoms with Gasteiger partial charge in [-0.3, -0.25) is 28.9 Å². The van der Waals surface area contributed by atoms with Crippen molar-refractivity contribution in [3.8, 4) is 23.0 Å². The molecule has 3 atom stereocenters. The number of fused-ring (bicyclic) bond motifs is 2. The number of ether oxygens (including phenoxy) is 5. The second-order valence-corrected chi connectivity index (χ2v) is 18.0. The fraction of sp³-hybridized carbons (Fsp3) is 0.396. The summed E-state index contributed by atoms with van der Waals surface area (Å²) in [5.74, 6) is -10.4. The molecule has 0 spiro atoms. The molecule has 6 rings (SSSR count). The van der Waals surface area contributed by atoms with Gasteiger partial charge in [0.05, 0.1) is 94.7 Å². The Morgan fingerprint density at radius 3 is 1.71 bits per heavy atom. The third-order valence-corrected chi connectivity index (χ3v) is 10.3. The number of rotatable bonds is 19. The molecule has 4 aromatic carbocycles. The molecule has 2 aliphatic rings. The highest BCUT2D eigenvalue weighted by Gasteiger charge is 2.43. The minimum absolute atomic E-state index is 0. The van der Waals surface area contributed by atoms with Gasteiger partial charge >= 0.3 is 17.9 Å². The number of nitrogens with zero attached hydrogens (tertiary/aromatic N) is 1. The van der Waals surface area contributed by atoms with E-state index < -0.39 is 183 Å². The van der Waals surface area contributed by atoms with Crippen molar-refractivity contribution in [3.05, 3.63) is 106 Å². The molecule has 0 bridgehead atoms. The van der Waals surface area contributed by atoms with Crippen molar-refractivity contribution in [3.63, 3.8) is 0 Å². The molecule has 6 N–H and O–H groups in total. The number of methoxy groups -OCH3 is 2. The number of carbonyl (C=O) groups excluding carboxylic acids is 7. The number of anilines is 2. The van der Waals surface area contributed by atoms with Gasteiger partial charge in [-0.15, -0.1) is 0 Å². The van der Waals surface area contributed by atoms with Crippen LogP contribution in [0.2, 0.25) is 0 Å². The van der Waals surface area contributed by atoms with Gasteiger partial charge in [0.15, 0.2) is 23.0 Å². The molecule has 0 unspecified atom stereocenters. The van der Waals surface area contributed by atoms with Crippen molar-refractivity contribution in [1.29, 1.82) is 0 Å². The fourth-order valence-corrected chi connectivity index (χ4v) is 7.35. The van der Waals surface area contributed by atoms with Crippen LogP contribution in [-0.2, 0) is 43.6 Å². The van der Waals surface area contributed by atoms with E-state index in [9.17, 15) is 56.6 Å². The number of benzene rings is 4. The highest BCUT2D eigenvalue weighted by molar-refractivity contribution is 7.90. The van der Waals surface area contributed by atoms with Crippen molar-refractivity contribution in [2.24, 2.45) is 11.7 Å². The minimum Gasteiger partial charge on any atom is -0.493 e. The summed E-state index contributed by atoms with van der Waals surface area (Å²) in [7, 11) is -18.3. The number of carbonyl (C=O) groups is 8. The number of aliphatic carboxylic acids is 1. The number of cyclic esters (lactones) is 2. The van der Waals surface area contributed by atoms with Crippen molar-refractivity contribution in [1.82, 2.24) is 10.2 Å². The SMILES string of the molecule is C.CC(=O)N[C@@H](CC(C)C)C(=O)O.CC(=O)Nc1cccc2c1C(=O)OC2=O.[2H]C([2H])([2H])Oc1ccc([C@]([2H])(N)C([2H])([2H])S(=O)(=O)C([2H])([2H])[2H])cc1OC([2H])([2H])C([2H])([2H])[2H].[2H]C([2H])([2H])Oc1ccc([C@]([2H])(N2C(=O)c3cccc(NC(C)=O)c3C2=O)C([2H])([2H])S(=O)(=O)C([2H])([2H])[2H])cc1OC([2H])([2H])C([2H])([2H])[2H]. The van der Waals surface area contributed by atoms with Crippen LogP contribution < -0.4 is 40.6 Å². The number of hydrogen-bond acceptors (Lipinski definition) is 18. The maximum absolute atomic E-state index is 13.8. The van der Waals surface area contributed by atoms with Crippen LogP contribution in [0, 0.1) is 5.92 Å². The summed E-state index contributed by atoms with van der Waals surface area (Å²) in [5.41, 5.74) is -5.69. The third-order valence-electron chi connectivity index (χ3n) is 9.31. The predicted octanol–water partition coefficient (Wildman–Crippen LogP) is 5.79. The van der Waals surface area contributed by atoms with Crippen LogP contribution in [0.4, 0.5) is 11.4 Å². The summed E-state index contributed by atoms with van der Waals surface area (Å²) >= 11 is 0. The monoisotopic (exact) mass is 1160 g/mol. The Kier molecular flexibility index (Phi) is 12.9. The Bertz CT molecular complexity index is 4260. The van der Waals surface area contributed by atoms with Crippen LogP contribution in [0.5, 0.6) is 23.0 Å². The summed E-state index contributed by atoms with van der Waals surface area (Å²) in [6.07, 6.45) is -7.63. The smallest absolute Gasteiger partial charge is 0.349 e. The van der Waals surface area contributed by atoms with Crippen molar-refractivity contribution in [2.45, 2.75) is 80.2 Å². The molecule has 0 aliphatic carbocycles. The second kappa shape index (κ2) is 29.6. The zero-order valence-electron chi connectivity index (χ0n) is 68.5. The molecule has 0 fully saturated rings. The molecule has 0 radical (unpaired) electrons. The van der Waals surface area contributed by atoms with Crippen LogP contribution in [0.25, 0.3) is 0 Å². The molecule has 0 saturated heterocycles. The normalized spacial score (nSPS) is 21.2. The Morgan fingerprint density at radius 1 is 0.705 bits per heavy atom. The number of imide groups is 1. The molecule has 23 nitrogen and oxygen atoms in total. The molecule has 0 saturated carbocycles. The second-order valence-electron chi connectivity index (χ2n) is 15.6. The summed E-state index contributed by atoms with van der Waals surface area (Å²) < 4.78 is 285. The van der Waals surface area contributed by atoms with E-state index >= 15 is 0 Å². The highest BCUT2D eigenvalue weighted by atomic mass is 32.2. The number of esters is 2. The van der Waals surface area contributed by atoms with Gasteiger partial charge in [0.2, 0.25) is 17.7 Å². The van der Waals surface area contributed by atoms with Gasteiger partial charge in [-0.1, -0.05) is 45.5 Å². The Morgan fingerprint density at radius 2 is 1.22 bits per heavy atom. The van der Waals surface area contributed by atoms with E-state index in [4.69, 9.17) is 62.1 Å². The lowest BCUT2D eigenvalue weighted by atomic mass is 10.0. The first-order chi connectivity index (χ1) is 46.8. The summed E-state index contributed by atoms with van der Waals surface area (Å²) in [4.78, 5) is 93.4. The first-order valence-electron chi connectivity index (χ1n) is 35.1. The first-order valence-corrected chi connectivity index (χ1v) is 24.1. The van der Waals surface area contributed by atoms with E-state index in [0.29, 0.717) is 42.4 Å². The third kappa shape index (κ3) is 19.3. The van der Waals surface area contributed by atoms with Crippen LogP contribution >= 0.6 is 0 Å². The van der Waals surface area contributed by atoms with Crippen LogP contribution in [0.3, 0.4) is 0 Å². The standard InChI is InChI=1S/C22H24N2O7S.C12H19NO4S.C10H7NO4.C8H15NO3.CH4/c1-5-31-19-11-14(9-10-18(19)30-3)17(12-32(4,28)29)24-21(26)15-7-6-8-16(23-13(2)25)20(15)22(24)27;1-4-17-12-7-9(5-6-11(12)16-2)10(13)8-18(3,14)15;1-5(12)11-7-4-2-3-6-8(7)10(14)15-9(6)13;1-5(2)4-7(8(11)12)9-6(3)10;/h6-11,17H,5,12H2,1-4H3,(H,23,25);5-7,10H,4,8,13H2,1-3H3;2-4H,1H3,(H,11,12);5,7H,4H2,1-3H3,(H,9,10)(H,11,12);1H4/t17-;10-;;7-;/m11.0./s1/i1D3,3D3,4D3,5D2,12D2,17D;1D3,2D3,3D3,4D2,8D2,10D;;;. The average molecular weight is 1160 g/mol. The predicted molar refractivity (Wildman–Crippen MR) is 291 cm³/mol. The maximum Gasteiger partial charge on any atom is 0.349 e. The molecular weight excluding hydrogens is 1060 g/mol. The van der Waals surface area contributed by atoms with Crippen LogP contribution in [0.15, 0.2) is 72.8 Å². The maximum atomic E-state index is 13.8. The van der Waals surface area contributed by atoms with Crippen molar-refractivity contribution >= 4 is 78.5 Å². The van der Waals surface area contributed by atoms with E-state index in [1.54, 1.807) is 12.1 Å². The van der Waals surface area contributed by atoms with Gasteiger partial charge in [0.1, 0.15) is 25.7 Å². The molecule has 78 heavy (non-hydrogen) atoms. The minimum atomic E-state index is -6.19. The number of nitrogens with two attached hydrogens (primary N) is 1. The summed E-state index contributed by atoms with van der Waals surface area (Å²) in [6, 6.07) is 3.26. The van der Waals surface area contributed by atoms with E-state index in [1.807, 2.05) is 13.8 Å². The lowest BCUT2D eigenvalue weighted by molar-refractivity contribution is -0.142. The Hall–Kier alpha value is -7.90. The molecule has 0 aromatic heterocycles. The summed E-state index contributed by atoms with van der Waals surface area (Å²) in [6.45, 7) is -6.55. The number of hydrogen-bond donors (Lipinski definition) is 5. The zero-order chi connectivity index (χ0) is 82.1. The molecule has 426 valence electrons. The Balaban J connectivity index is 0.000000544. The zero-order valence-corrected chi connectivity index (χ0v) is 42.2. The van der Waals surface area contributed by atoms with E-state index in [0.717, 1.165) is 25.1 Å². The number of sulfone groups is 2.